The molecule has 0 saturated heterocycles. The average molecular weight is 318 g/mol. The minimum absolute atomic E-state index is 0.0148. The van der Waals surface area contributed by atoms with E-state index in [0.717, 1.165) is 11.3 Å². The van der Waals surface area contributed by atoms with Crippen LogP contribution in [0.15, 0.2) is 30.3 Å². The third-order valence-electron chi connectivity index (χ3n) is 2.64. The van der Waals surface area contributed by atoms with E-state index in [2.05, 4.69) is 0 Å². The van der Waals surface area contributed by atoms with Gasteiger partial charge < -0.3 is 5.11 Å². The lowest BCUT2D eigenvalue weighted by Crippen LogP contribution is -2.03. The van der Waals surface area contributed by atoms with Gasteiger partial charge >= 0.3 is 0 Å². The molecule has 2 rings (SSSR count). The molecular weight excluding hydrogens is 309 g/mol. The number of benzene rings is 1. The molecule has 100 valence electrons. The molecule has 0 spiro atoms. The molecule has 7 heteroatoms. The maximum Gasteiger partial charge on any atom is 0.272 e. The van der Waals surface area contributed by atoms with Gasteiger partial charge in [-0.25, -0.2) is 0 Å². The molecule has 0 saturated carbocycles. The quantitative estimate of drug-likeness (QED) is 0.677. The lowest BCUT2D eigenvalue weighted by atomic mass is 10.0. The monoisotopic (exact) mass is 317 g/mol. The van der Waals surface area contributed by atoms with E-state index in [1.54, 1.807) is 24.3 Å². The van der Waals surface area contributed by atoms with E-state index in [-0.39, 0.29) is 12.1 Å². The van der Waals surface area contributed by atoms with Gasteiger partial charge in [0.2, 0.25) is 0 Å². The van der Waals surface area contributed by atoms with Crippen LogP contribution < -0.4 is 0 Å². The summed E-state index contributed by atoms with van der Waals surface area (Å²) in [6.45, 7) is 0. The zero-order valence-electron chi connectivity index (χ0n) is 9.55. The molecule has 0 amide bonds. The topological polar surface area (TPSA) is 63.4 Å². The van der Waals surface area contributed by atoms with Gasteiger partial charge in [0, 0.05) is 23.6 Å². The van der Waals surface area contributed by atoms with Crippen molar-refractivity contribution in [3.8, 4) is 0 Å². The van der Waals surface area contributed by atoms with Gasteiger partial charge in [0.15, 0.2) is 0 Å². The largest absolute Gasteiger partial charge is 0.388 e. The van der Waals surface area contributed by atoms with Crippen LogP contribution in [0.5, 0.6) is 0 Å². The van der Waals surface area contributed by atoms with E-state index in [4.69, 9.17) is 23.2 Å². The first-order valence-corrected chi connectivity index (χ1v) is 6.91. The van der Waals surface area contributed by atoms with Crippen LogP contribution in [0.3, 0.4) is 0 Å². The molecule has 4 nitrogen and oxygen atoms in total. The molecule has 0 radical (unpaired) electrons. The minimum Gasteiger partial charge on any atom is -0.388 e. The Kier molecular flexibility index (Phi) is 4.42. The van der Waals surface area contributed by atoms with Gasteiger partial charge in [-0.3, -0.25) is 10.1 Å². The van der Waals surface area contributed by atoms with Gasteiger partial charge in [-0.05, 0) is 6.07 Å². The molecule has 0 aliphatic carbocycles. The van der Waals surface area contributed by atoms with Crippen LogP contribution in [-0.2, 0) is 6.42 Å². The number of para-hydroxylation sites is 1. The van der Waals surface area contributed by atoms with Crippen molar-refractivity contribution in [2.24, 2.45) is 0 Å². The van der Waals surface area contributed by atoms with Crippen LogP contribution in [0.1, 0.15) is 17.2 Å². The molecule has 1 atom stereocenters. The fourth-order valence-corrected chi connectivity index (χ4v) is 3.33. The normalized spacial score (nSPS) is 12.4. The van der Waals surface area contributed by atoms with Crippen molar-refractivity contribution in [2.75, 3.05) is 0 Å². The predicted octanol–water partition coefficient (Wildman–Crippen LogP) is 4.24. The summed E-state index contributed by atoms with van der Waals surface area (Å²) in [5, 5.41) is 21.0. The third kappa shape index (κ3) is 3.25. The Labute approximate surface area is 123 Å². The number of hydrogen-bond donors (Lipinski definition) is 1. The van der Waals surface area contributed by atoms with Gasteiger partial charge in [0.25, 0.3) is 5.69 Å². The summed E-state index contributed by atoms with van der Waals surface area (Å²) in [7, 11) is 0. The van der Waals surface area contributed by atoms with Crippen molar-refractivity contribution in [3.63, 3.8) is 0 Å². The fourth-order valence-electron chi connectivity index (χ4n) is 1.76. The lowest BCUT2D eigenvalue weighted by Gasteiger charge is -2.10. The highest BCUT2D eigenvalue weighted by molar-refractivity contribution is 7.20. The molecule has 1 heterocycles. The van der Waals surface area contributed by atoms with Crippen LogP contribution in [0.4, 0.5) is 5.69 Å². The molecular formula is C12H9Cl2NO3S. The Hall–Kier alpha value is -1.14. The van der Waals surface area contributed by atoms with Crippen LogP contribution in [0.2, 0.25) is 8.67 Å². The van der Waals surface area contributed by atoms with Crippen molar-refractivity contribution < 1.29 is 10.0 Å². The number of hydrogen-bond acceptors (Lipinski definition) is 4. The zero-order valence-corrected chi connectivity index (χ0v) is 11.9. The van der Waals surface area contributed by atoms with Gasteiger partial charge in [-0.1, -0.05) is 41.4 Å². The summed E-state index contributed by atoms with van der Waals surface area (Å²) in [5.41, 5.74) is 0.937. The van der Waals surface area contributed by atoms with E-state index in [1.165, 1.54) is 6.07 Å². The van der Waals surface area contributed by atoms with Crippen LogP contribution in [0.25, 0.3) is 0 Å². The summed E-state index contributed by atoms with van der Waals surface area (Å²) >= 11 is 12.9. The Balaban J connectivity index is 2.26. The first-order valence-electron chi connectivity index (χ1n) is 5.34. The first-order chi connectivity index (χ1) is 8.99. The highest BCUT2D eigenvalue weighted by Gasteiger charge is 2.20. The summed E-state index contributed by atoms with van der Waals surface area (Å²) in [6, 6.07) is 7.88. The van der Waals surface area contributed by atoms with Crippen molar-refractivity contribution in [1.29, 1.82) is 0 Å². The molecule has 2 aromatic rings. The number of nitrogens with zero attached hydrogens (tertiary/aromatic N) is 1. The van der Waals surface area contributed by atoms with Crippen molar-refractivity contribution in [1.82, 2.24) is 0 Å². The van der Waals surface area contributed by atoms with E-state index >= 15 is 0 Å². The molecule has 0 fully saturated rings. The second kappa shape index (κ2) is 5.88. The maximum atomic E-state index is 10.9. The second-order valence-electron chi connectivity index (χ2n) is 3.89. The Morgan fingerprint density at radius 1 is 1.37 bits per heavy atom. The Morgan fingerprint density at radius 3 is 2.63 bits per heavy atom. The number of aliphatic hydroxyl groups is 1. The molecule has 1 aromatic heterocycles. The maximum absolute atomic E-state index is 10.9. The standard InChI is InChI=1S/C12H9Cl2NO3S/c13-11-6-8(12(14)19-11)10(16)5-7-3-1-2-4-9(7)15(17)18/h1-4,6,10,16H,5H2. The molecule has 0 aliphatic heterocycles. The predicted molar refractivity (Wildman–Crippen MR) is 76.1 cm³/mol. The second-order valence-corrected chi connectivity index (χ2v) is 6.17. The van der Waals surface area contributed by atoms with E-state index in [9.17, 15) is 15.2 Å². The smallest absolute Gasteiger partial charge is 0.272 e. The highest BCUT2D eigenvalue weighted by atomic mass is 35.5. The fraction of sp³-hybridized carbons (Fsp3) is 0.167. The number of nitro benzene ring substituents is 1. The van der Waals surface area contributed by atoms with Crippen molar-refractivity contribution >= 4 is 40.2 Å². The van der Waals surface area contributed by atoms with Crippen LogP contribution in [0, 0.1) is 10.1 Å². The molecule has 1 unspecified atom stereocenters. The lowest BCUT2D eigenvalue weighted by molar-refractivity contribution is -0.385. The van der Waals surface area contributed by atoms with Gasteiger partial charge in [0.1, 0.15) is 4.34 Å². The Morgan fingerprint density at radius 2 is 2.05 bits per heavy atom. The van der Waals surface area contributed by atoms with Crippen LogP contribution in [-0.4, -0.2) is 10.0 Å². The molecule has 1 N–H and O–H groups in total. The SMILES string of the molecule is O=[N+]([O-])c1ccccc1CC(O)c1cc(Cl)sc1Cl. The summed E-state index contributed by atoms with van der Waals surface area (Å²) in [6.07, 6.45) is -0.804. The number of halogens is 2. The molecule has 1 aromatic carbocycles. The number of rotatable bonds is 4. The van der Waals surface area contributed by atoms with Gasteiger partial charge in [-0.2, -0.15) is 0 Å². The minimum atomic E-state index is -0.919. The summed E-state index contributed by atoms with van der Waals surface area (Å²) < 4.78 is 0.873. The molecule has 0 aliphatic rings. The number of thiophene rings is 1. The van der Waals surface area contributed by atoms with E-state index in [0.29, 0.717) is 19.8 Å². The Bertz CT molecular complexity index is 615. The van der Waals surface area contributed by atoms with Crippen molar-refractivity contribution in [2.45, 2.75) is 12.5 Å². The van der Waals surface area contributed by atoms with E-state index in [1.807, 2.05) is 0 Å². The molecule has 19 heavy (non-hydrogen) atoms. The van der Waals surface area contributed by atoms with E-state index < -0.39 is 11.0 Å². The number of nitro groups is 1. The molecule has 0 bridgehead atoms. The van der Waals surface area contributed by atoms with Gasteiger partial charge in [0.05, 0.1) is 15.4 Å². The summed E-state index contributed by atoms with van der Waals surface area (Å²) in [4.78, 5) is 10.4. The van der Waals surface area contributed by atoms with Gasteiger partial charge in [-0.15, -0.1) is 11.3 Å². The van der Waals surface area contributed by atoms with Crippen LogP contribution >= 0.6 is 34.5 Å². The van der Waals surface area contributed by atoms with Crippen molar-refractivity contribution in [3.05, 3.63) is 60.2 Å². The first kappa shape index (κ1) is 14.3. The zero-order chi connectivity index (χ0) is 14.0. The third-order valence-corrected chi connectivity index (χ3v) is 4.16. The average Bonchev–Trinajstić information content (AvgIpc) is 2.69. The highest BCUT2D eigenvalue weighted by Crippen LogP contribution is 2.36. The number of aliphatic hydroxyl groups excluding tert-OH is 1. The summed E-state index contributed by atoms with van der Waals surface area (Å²) in [5.74, 6) is 0.